The minimum atomic E-state index is 0.209. The first kappa shape index (κ1) is 13.5. The number of thiocarbonyl (C=S) groups is 1. The lowest BCUT2D eigenvalue weighted by Crippen LogP contribution is -2.52. The van der Waals surface area contributed by atoms with E-state index in [1.165, 1.54) is 5.56 Å². The molecule has 2 heterocycles. The zero-order valence-corrected chi connectivity index (χ0v) is 11.9. The first-order valence-electron chi connectivity index (χ1n) is 6.29. The Balaban J connectivity index is 1.81. The molecule has 1 aromatic heterocycles. The van der Waals surface area contributed by atoms with Gasteiger partial charge < -0.3 is 5.73 Å². The molecule has 0 aromatic carbocycles. The highest BCUT2D eigenvalue weighted by molar-refractivity contribution is 7.80. The lowest BCUT2D eigenvalue weighted by Gasteiger charge is -2.37. The molecule has 1 aromatic rings. The average Bonchev–Trinajstić information content (AvgIpc) is 2.75. The third-order valence-corrected chi connectivity index (χ3v) is 3.87. The number of nitrogens with zero attached hydrogens (tertiary/aromatic N) is 4. The Morgan fingerprint density at radius 3 is 2.61 bits per heavy atom. The van der Waals surface area contributed by atoms with Crippen molar-refractivity contribution in [3.05, 3.63) is 18.0 Å². The van der Waals surface area contributed by atoms with Gasteiger partial charge >= 0.3 is 0 Å². The Bertz CT molecular complexity index is 408. The van der Waals surface area contributed by atoms with Crippen LogP contribution in [0.2, 0.25) is 0 Å². The van der Waals surface area contributed by atoms with Gasteiger partial charge in [-0.05, 0) is 6.92 Å². The van der Waals surface area contributed by atoms with E-state index in [1.807, 2.05) is 17.9 Å². The topological polar surface area (TPSA) is 50.3 Å². The van der Waals surface area contributed by atoms with Crippen molar-refractivity contribution >= 4 is 17.2 Å². The minimum absolute atomic E-state index is 0.209. The second-order valence-electron chi connectivity index (χ2n) is 4.91. The highest BCUT2D eigenvalue weighted by Gasteiger charge is 2.22. The third kappa shape index (κ3) is 3.28. The van der Waals surface area contributed by atoms with Gasteiger partial charge in [-0.3, -0.25) is 14.5 Å². The van der Waals surface area contributed by atoms with Crippen LogP contribution in [-0.2, 0) is 13.6 Å². The van der Waals surface area contributed by atoms with E-state index in [-0.39, 0.29) is 6.04 Å². The van der Waals surface area contributed by atoms with E-state index in [0.29, 0.717) is 4.99 Å². The molecule has 1 unspecified atom stereocenters. The Kier molecular flexibility index (Phi) is 4.31. The zero-order chi connectivity index (χ0) is 13.1. The zero-order valence-electron chi connectivity index (χ0n) is 11.0. The van der Waals surface area contributed by atoms with Gasteiger partial charge in [0.05, 0.1) is 17.2 Å². The van der Waals surface area contributed by atoms with Gasteiger partial charge in [0, 0.05) is 51.5 Å². The fourth-order valence-electron chi connectivity index (χ4n) is 2.30. The molecule has 0 amide bonds. The predicted octanol–water partition coefficient (Wildman–Crippen LogP) is 0.212. The Morgan fingerprint density at radius 2 is 2.11 bits per heavy atom. The van der Waals surface area contributed by atoms with Crippen molar-refractivity contribution in [3.8, 4) is 0 Å². The number of hydrogen-bond donors (Lipinski definition) is 1. The molecule has 6 heteroatoms. The molecule has 0 bridgehead atoms. The number of hydrogen-bond acceptors (Lipinski definition) is 4. The molecule has 1 aliphatic heterocycles. The molecule has 0 spiro atoms. The van der Waals surface area contributed by atoms with Gasteiger partial charge in [0.1, 0.15) is 0 Å². The van der Waals surface area contributed by atoms with Crippen molar-refractivity contribution < 1.29 is 0 Å². The first-order chi connectivity index (χ1) is 8.56. The van der Waals surface area contributed by atoms with E-state index in [0.717, 1.165) is 32.7 Å². The van der Waals surface area contributed by atoms with Crippen LogP contribution >= 0.6 is 12.2 Å². The summed E-state index contributed by atoms with van der Waals surface area (Å²) in [6.07, 6.45) is 4.01. The van der Waals surface area contributed by atoms with Gasteiger partial charge in [-0.2, -0.15) is 5.10 Å². The summed E-state index contributed by atoms with van der Waals surface area (Å²) in [5, 5.41) is 4.19. The fraction of sp³-hybridized carbons (Fsp3) is 0.667. The molecule has 1 fully saturated rings. The van der Waals surface area contributed by atoms with Crippen LogP contribution in [0.4, 0.5) is 0 Å². The van der Waals surface area contributed by atoms with Gasteiger partial charge in [-0.25, -0.2) is 0 Å². The fourth-order valence-corrected chi connectivity index (χ4v) is 2.45. The molecule has 2 rings (SSSR count). The minimum Gasteiger partial charge on any atom is -0.392 e. The van der Waals surface area contributed by atoms with Crippen molar-refractivity contribution in [2.45, 2.75) is 19.5 Å². The molecule has 1 saturated heterocycles. The van der Waals surface area contributed by atoms with Crippen molar-refractivity contribution in [2.24, 2.45) is 12.8 Å². The molecular weight excluding hydrogens is 246 g/mol. The third-order valence-electron chi connectivity index (χ3n) is 3.53. The number of rotatable bonds is 4. The van der Waals surface area contributed by atoms with Gasteiger partial charge in [-0.1, -0.05) is 12.2 Å². The van der Waals surface area contributed by atoms with Crippen molar-refractivity contribution in [3.63, 3.8) is 0 Å². The summed E-state index contributed by atoms with van der Waals surface area (Å²) in [6, 6.07) is 0.209. The highest BCUT2D eigenvalue weighted by atomic mass is 32.1. The summed E-state index contributed by atoms with van der Waals surface area (Å²) in [6.45, 7) is 7.23. The lowest BCUT2D eigenvalue weighted by molar-refractivity contribution is 0.118. The molecule has 1 atom stereocenters. The maximum atomic E-state index is 5.69. The van der Waals surface area contributed by atoms with Crippen molar-refractivity contribution in [1.29, 1.82) is 0 Å². The Hall–Kier alpha value is -0.980. The molecule has 18 heavy (non-hydrogen) atoms. The van der Waals surface area contributed by atoms with E-state index in [4.69, 9.17) is 18.0 Å². The molecule has 1 aliphatic rings. The van der Waals surface area contributed by atoms with E-state index in [9.17, 15) is 0 Å². The van der Waals surface area contributed by atoms with E-state index in [1.54, 1.807) is 0 Å². The molecule has 0 saturated carbocycles. The summed E-state index contributed by atoms with van der Waals surface area (Å²) in [7, 11) is 1.95. The Morgan fingerprint density at radius 1 is 1.44 bits per heavy atom. The van der Waals surface area contributed by atoms with Crippen LogP contribution in [0.5, 0.6) is 0 Å². The largest absolute Gasteiger partial charge is 0.392 e. The summed E-state index contributed by atoms with van der Waals surface area (Å²) in [5.41, 5.74) is 6.96. The smallest absolute Gasteiger partial charge is 0.0899 e. The van der Waals surface area contributed by atoms with Gasteiger partial charge in [0.25, 0.3) is 0 Å². The van der Waals surface area contributed by atoms with Gasteiger partial charge in [0.2, 0.25) is 0 Å². The highest BCUT2D eigenvalue weighted by Crippen LogP contribution is 2.10. The summed E-state index contributed by atoms with van der Waals surface area (Å²) < 4.78 is 1.85. The SMILES string of the molecule is CC(C(N)=S)N1CCN(Cc2cnn(C)c2)CC1. The predicted molar refractivity (Wildman–Crippen MR) is 76.3 cm³/mol. The van der Waals surface area contributed by atoms with Crippen LogP contribution in [-0.4, -0.2) is 56.8 Å². The number of aryl methyl sites for hydroxylation is 1. The number of piperazine rings is 1. The van der Waals surface area contributed by atoms with Crippen molar-refractivity contribution in [1.82, 2.24) is 19.6 Å². The molecule has 0 aliphatic carbocycles. The maximum absolute atomic E-state index is 5.69. The monoisotopic (exact) mass is 267 g/mol. The summed E-state index contributed by atoms with van der Waals surface area (Å²) in [4.78, 5) is 5.39. The van der Waals surface area contributed by atoms with Crippen LogP contribution in [0, 0.1) is 0 Å². The van der Waals surface area contributed by atoms with Crippen LogP contribution < -0.4 is 5.73 Å². The van der Waals surface area contributed by atoms with Gasteiger partial charge in [0.15, 0.2) is 0 Å². The second kappa shape index (κ2) is 5.77. The van der Waals surface area contributed by atoms with E-state index < -0.39 is 0 Å². The average molecular weight is 267 g/mol. The standard InChI is InChI=1S/C12H21N5S/c1-10(12(13)18)17-5-3-16(4-6-17)9-11-7-14-15(2)8-11/h7-8,10H,3-6,9H2,1-2H3,(H2,13,18). The quantitative estimate of drug-likeness (QED) is 0.791. The van der Waals surface area contributed by atoms with E-state index >= 15 is 0 Å². The number of aromatic nitrogens is 2. The van der Waals surface area contributed by atoms with Gasteiger partial charge in [-0.15, -0.1) is 0 Å². The van der Waals surface area contributed by atoms with Crippen LogP contribution in [0.15, 0.2) is 12.4 Å². The molecule has 0 radical (unpaired) electrons. The lowest BCUT2D eigenvalue weighted by atomic mass is 10.2. The Labute approximate surface area is 114 Å². The number of nitrogens with two attached hydrogens (primary N) is 1. The molecule has 5 nitrogen and oxygen atoms in total. The van der Waals surface area contributed by atoms with Crippen LogP contribution in [0.25, 0.3) is 0 Å². The van der Waals surface area contributed by atoms with Crippen LogP contribution in [0.1, 0.15) is 12.5 Å². The maximum Gasteiger partial charge on any atom is 0.0899 e. The van der Waals surface area contributed by atoms with E-state index in [2.05, 4.69) is 28.0 Å². The molecular formula is C12H21N5S. The normalized spacial score (nSPS) is 19.9. The van der Waals surface area contributed by atoms with Crippen molar-refractivity contribution in [2.75, 3.05) is 26.2 Å². The second-order valence-corrected chi connectivity index (χ2v) is 5.38. The molecule has 100 valence electrons. The van der Waals surface area contributed by atoms with Crippen LogP contribution in [0.3, 0.4) is 0 Å². The first-order valence-corrected chi connectivity index (χ1v) is 6.70. The molecule has 2 N–H and O–H groups in total. The summed E-state index contributed by atoms with van der Waals surface area (Å²) >= 11 is 5.05. The summed E-state index contributed by atoms with van der Waals surface area (Å²) in [5.74, 6) is 0.